The van der Waals surface area contributed by atoms with E-state index in [0.717, 1.165) is 0 Å². The molecule has 11 heavy (non-hydrogen) atoms. The van der Waals surface area contributed by atoms with Crippen molar-refractivity contribution in [1.29, 1.82) is 0 Å². The molecule has 1 heterocycles. The van der Waals surface area contributed by atoms with E-state index in [4.69, 9.17) is 10.8 Å². The molecule has 0 saturated heterocycles. The van der Waals surface area contributed by atoms with Crippen LogP contribution in [-0.2, 0) is 6.54 Å². The van der Waals surface area contributed by atoms with Crippen LogP contribution < -0.4 is 5.73 Å². The summed E-state index contributed by atoms with van der Waals surface area (Å²) in [4.78, 5) is 0. The number of rotatable bonds is 3. The van der Waals surface area contributed by atoms with Crippen LogP contribution in [0.2, 0.25) is 0 Å². The Kier molecular flexibility index (Phi) is 2.56. The third-order valence-corrected chi connectivity index (χ3v) is 1.34. The maximum Gasteiger partial charge on any atom is 0.111 e. The maximum atomic E-state index is 9.06. The fourth-order valence-corrected chi connectivity index (χ4v) is 0.746. The van der Waals surface area contributed by atoms with E-state index in [-0.39, 0.29) is 0 Å². The molecule has 1 atom stereocenters. The lowest BCUT2D eigenvalue weighted by molar-refractivity contribution is 0.194. The van der Waals surface area contributed by atoms with Crippen molar-refractivity contribution in [2.45, 2.75) is 19.6 Å². The molecule has 0 radical (unpaired) electrons. The van der Waals surface area contributed by atoms with Gasteiger partial charge in [0.05, 0.1) is 18.8 Å². The number of aliphatic hydroxyl groups excluding tert-OH is 1. The third-order valence-electron chi connectivity index (χ3n) is 1.34. The van der Waals surface area contributed by atoms with E-state index in [0.29, 0.717) is 18.8 Å². The van der Waals surface area contributed by atoms with Crippen LogP contribution >= 0.6 is 0 Å². The molecule has 1 aromatic rings. The molecule has 5 nitrogen and oxygen atoms in total. The first kappa shape index (κ1) is 8.16. The van der Waals surface area contributed by atoms with Crippen LogP contribution in [0.1, 0.15) is 18.7 Å². The van der Waals surface area contributed by atoms with Gasteiger partial charge in [-0.3, -0.25) is 4.68 Å². The topological polar surface area (TPSA) is 77.0 Å². The average molecular weight is 156 g/mol. The van der Waals surface area contributed by atoms with Crippen LogP contribution in [0, 0.1) is 0 Å². The average Bonchev–Trinajstić information content (AvgIpc) is 2.37. The van der Waals surface area contributed by atoms with Crippen molar-refractivity contribution >= 4 is 0 Å². The summed E-state index contributed by atoms with van der Waals surface area (Å²) in [6.07, 6.45) is 1.14. The Balaban J connectivity index is 2.66. The number of nitrogens with zero attached hydrogens (tertiary/aromatic N) is 3. The number of hydrogen-bond acceptors (Lipinski definition) is 4. The van der Waals surface area contributed by atoms with E-state index in [9.17, 15) is 0 Å². The molecule has 0 aromatic carbocycles. The largest absolute Gasteiger partial charge is 0.387 e. The van der Waals surface area contributed by atoms with Crippen molar-refractivity contribution in [2.24, 2.45) is 5.73 Å². The van der Waals surface area contributed by atoms with Gasteiger partial charge in [-0.2, -0.15) is 0 Å². The predicted molar refractivity (Wildman–Crippen MR) is 39.7 cm³/mol. The Hall–Kier alpha value is -0.940. The van der Waals surface area contributed by atoms with Crippen LogP contribution in [0.25, 0.3) is 0 Å². The lowest BCUT2D eigenvalue weighted by Crippen LogP contribution is -2.10. The van der Waals surface area contributed by atoms with E-state index in [1.165, 1.54) is 0 Å². The molecule has 3 N–H and O–H groups in total. The predicted octanol–water partition coefficient (Wildman–Crippen LogP) is -0.710. The fourth-order valence-electron chi connectivity index (χ4n) is 0.746. The molecule has 62 valence electrons. The first-order valence-electron chi connectivity index (χ1n) is 3.52. The standard InChI is InChI=1S/C6H12N4O/c1-5(11)6-4-10(3-2-7)9-8-6/h4-5,11H,2-3,7H2,1H3. The molecule has 0 fully saturated rings. The summed E-state index contributed by atoms with van der Waals surface area (Å²) in [6.45, 7) is 2.82. The van der Waals surface area contributed by atoms with Gasteiger partial charge in [0.2, 0.25) is 0 Å². The molecule has 1 aromatic heterocycles. The first-order chi connectivity index (χ1) is 5.24. The normalized spacial score (nSPS) is 13.4. The van der Waals surface area contributed by atoms with Crippen LogP contribution in [0.4, 0.5) is 0 Å². The summed E-state index contributed by atoms with van der Waals surface area (Å²) in [6, 6.07) is 0. The zero-order valence-electron chi connectivity index (χ0n) is 6.44. The van der Waals surface area contributed by atoms with E-state index in [2.05, 4.69) is 10.3 Å². The summed E-state index contributed by atoms with van der Waals surface area (Å²) in [5.74, 6) is 0. The van der Waals surface area contributed by atoms with Crippen LogP contribution in [0.5, 0.6) is 0 Å². The highest BCUT2D eigenvalue weighted by molar-refractivity contribution is 4.95. The van der Waals surface area contributed by atoms with Gasteiger partial charge in [0.25, 0.3) is 0 Å². The minimum Gasteiger partial charge on any atom is -0.387 e. The minimum absolute atomic E-state index is 0.530. The Morgan fingerprint density at radius 3 is 3.00 bits per heavy atom. The zero-order chi connectivity index (χ0) is 8.27. The molecule has 0 aliphatic carbocycles. The SMILES string of the molecule is CC(O)c1cn(CCN)nn1. The lowest BCUT2D eigenvalue weighted by atomic mass is 10.3. The fraction of sp³-hybridized carbons (Fsp3) is 0.667. The van der Waals surface area contributed by atoms with Crippen LogP contribution in [0.3, 0.4) is 0 Å². The van der Waals surface area contributed by atoms with Gasteiger partial charge in [0, 0.05) is 6.54 Å². The second-order valence-electron chi connectivity index (χ2n) is 2.37. The number of aromatic nitrogens is 3. The van der Waals surface area contributed by atoms with Gasteiger partial charge in [-0.1, -0.05) is 5.21 Å². The van der Waals surface area contributed by atoms with Crippen LogP contribution in [-0.4, -0.2) is 26.6 Å². The molecule has 5 heteroatoms. The molecule has 0 saturated carbocycles. The molecule has 0 amide bonds. The Bertz CT molecular complexity index is 220. The van der Waals surface area contributed by atoms with Crippen molar-refractivity contribution in [1.82, 2.24) is 15.0 Å². The van der Waals surface area contributed by atoms with Gasteiger partial charge in [0.1, 0.15) is 5.69 Å². The Labute approximate surface area is 64.8 Å². The molecule has 0 aliphatic heterocycles. The highest BCUT2D eigenvalue weighted by Crippen LogP contribution is 2.05. The smallest absolute Gasteiger partial charge is 0.111 e. The van der Waals surface area contributed by atoms with E-state index >= 15 is 0 Å². The van der Waals surface area contributed by atoms with E-state index in [1.807, 2.05) is 0 Å². The van der Waals surface area contributed by atoms with E-state index in [1.54, 1.807) is 17.8 Å². The monoisotopic (exact) mass is 156 g/mol. The number of nitrogens with two attached hydrogens (primary N) is 1. The lowest BCUT2D eigenvalue weighted by Gasteiger charge is -1.95. The zero-order valence-corrected chi connectivity index (χ0v) is 6.44. The molecule has 1 rings (SSSR count). The molecule has 1 unspecified atom stereocenters. The van der Waals surface area contributed by atoms with Gasteiger partial charge in [-0.25, -0.2) is 0 Å². The van der Waals surface area contributed by atoms with Crippen molar-refractivity contribution in [3.63, 3.8) is 0 Å². The minimum atomic E-state index is -0.554. The van der Waals surface area contributed by atoms with Crippen molar-refractivity contribution in [2.75, 3.05) is 6.54 Å². The Morgan fingerprint density at radius 2 is 2.55 bits per heavy atom. The quantitative estimate of drug-likeness (QED) is 0.606. The summed E-state index contributed by atoms with van der Waals surface area (Å²) in [5.41, 5.74) is 5.88. The number of hydrogen-bond donors (Lipinski definition) is 2. The second kappa shape index (κ2) is 3.45. The number of aliphatic hydroxyl groups is 1. The maximum absolute atomic E-state index is 9.06. The van der Waals surface area contributed by atoms with Crippen molar-refractivity contribution < 1.29 is 5.11 Å². The summed E-state index contributed by atoms with van der Waals surface area (Å²) < 4.78 is 1.61. The van der Waals surface area contributed by atoms with E-state index < -0.39 is 6.10 Å². The molecule has 0 spiro atoms. The second-order valence-corrected chi connectivity index (χ2v) is 2.37. The van der Waals surface area contributed by atoms with Gasteiger partial charge >= 0.3 is 0 Å². The van der Waals surface area contributed by atoms with Gasteiger partial charge in [-0.05, 0) is 6.92 Å². The highest BCUT2D eigenvalue weighted by Gasteiger charge is 2.04. The molecule has 0 bridgehead atoms. The molecular formula is C6H12N4O. The van der Waals surface area contributed by atoms with Crippen molar-refractivity contribution in [3.05, 3.63) is 11.9 Å². The summed E-state index contributed by atoms with van der Waals surface area (Å²) in [5, 5.41) is 16.6. The van der Waals surface area contributed by atoms with Crippen molar-refractivity contribution in [3.8, 4) is 0 Å². The highest BCUT2D eigenvalue weighted by atomic mass is 16.3. The molecule has 0 aliphatic rings. The van der Waals surface area contributed by atoms with Crippen LogP contribution in [0.15, 0.2) is 6.20 Å². The van der Waals surface area contributed by atoms with Gasteiger partial charge in [0.15, 0.2) is 0 Å². The third kappa shape index (κ3) is 1.99. The molecular weight excluding hydrogens is 144 g/mol. The summed E-state index contributed by atoms with van der Waals surface area (Å²) >= 11 is 0. The Morgan fingerprint density at radius 1 is 1.82 bits per heavy atom. The van der Waals surface area contributed by atoms with Gasteiger partial charge < -0.3 is 10.8 Å². The van der Waals surface area contributed by atoms with Gasteiger partial charge in [-0.15, -0.1) is 5.10 Å². The summed E-state index contributed by atoms with van der Waals surface area (Å²) in [7, 11) is 0. The first-order valence-corrected chi connectivity index (χ1v) is 3.52.